The predicted octanol–water partition coefficient (Wildman–Crippen LogP) is 2.38. The first-order valence-corrected chi connectivity index (χ1v) is 7.57. The minimum absolute atomic E-state index is 0. The molecular weight excluding hydrogens is 265 g/mol. The van der Waals surface area contributed by atoms with Gasteiger partial charge in [-0.25, -0.2) is 0 Å². The number of hydrogen-bond acceptors (Lipinski definition) is 2. The molecule has 0 saturated heterocycles. The third kappa shape index (κ3) is 3.02. The molecule has 0 fully saturated rings. The van der Waals surface area contributed by atoms with Gasteiger partial charge in [-0.05, 0) is 6.54 Å². The first-order chi connectivity index (χ1) is 8.27. The smallest absolute Gasteiger partial charge is 0.144 e. The Labute approximate surface area is 114 Å². The van der Waals surface area contributed by atoms with E-state index < -0.39 is 7.14 Å². The molecule has 2 N–H and O–H groups in total. The normalized spacial score (nSPS) is 10.7. The third-order valence-electron chi connectivity index (χ3n) is 2.79. The van der Waals surface area contributed by atoms with Crippen LogP contribution >= 0.6 is 19.5 Å². The summed E-state index contributed by atoms with van der Waals surface area (Å²) in [6.07, 6.45) is 0.515. The van der Waals surface area contributed by atoms with Gasteiger partial charge in [0, 0.05) is 16.8 Å². The molecule has 96 valence electrons. The van der Waals surface area contributed by atoms with Crippen molar-refractivity contribution in [2.75, 3.05) is 12.7 Å². The zero-order chi connectivity index (χ0) is 12.1. The largest absolute Gasteiger partial charge is 0.330 e. The molecule has 0 spiro atoms. The maximum Gasteiger partial charge on any atom is 0.144 e. The summed E-state index contributed by atoms with van der Waals surface area (Å²) < 4.78 is 13.1. The Bertz CT molecular complexity index is 472. The van der Waals surface area contributed by atoms with Crippen molar-refractivity contribution >= 4 is 30.2 Å². The van der Waals surface area contributed by atoms with Gasteiger partial charge in [-0.2, -0.15) is 0 Å². The lowest BCUT2D eigenvalue weighted by Gasteiger charge is -2.18. The van der Waals surface area contributed by atoms with Crippen molar-refractivity contribution in [3.8, 4) is 0 Å². The van der Waals surface area contributed by atoms with Gasteiger partial charge in [0.15, 0.2) is 0 Å². The second-order valence-corrected chi connectivity index (χ2v) is 6.88. The van der Waals surface area contributed by atoms with E-state index in [2.05, 4.69) is 0 Å². The van der Waals surface area contributed by atoms with Gasteiger partial charge in [0.2, 0.25) is 0 Å². The molecule has 0 radical (unpaired) electrons. The van der Waals surface area contributed by atoms with Crippen LogP contribution in [0.25, 0.3) is 0 Å². The first kappa shape index (κ1) is 15.0. The summed E-state index contributed by atoms with van der Waals surface area (Å²) in [7, 11) is -2.55. The van der Waals surface area contributed by atoms with Crippen molar-refractivity contribution in [1.82, 2.24) is 0 Å². The molecule has 0 aliphatic rings. The van der Waals surface area contributed by atoms with Crippen molar-refractivity contribution < 1.29 is 4.57 Å². The molecule has 2 rings (SSSR count). The number of hydrogen-bond donors (Lipinski definition) is 1. The van der Waals surface area contributed by atoms with Gasteiger partial charge in [-0.1, -0.05) is 60.7 Å². The van der Waals surface area contributed by atoms with Crippen LogP contribution in [0.4, 0.5) is 0 Å². The summed E-state index contributed by atoms with van der Waals surface area (Å²) in [5, 5.41) is 1.77. The quantitative estimate of drug-likeness (QED) is 0.875. The number of nitrogens with two attached hydrogens (primary N) is 1. The molecule has 0 bridgehead atoms. The van der Waals surface area contributed by atoms with Crippen LogP contribution in [-0.4, -0.2) is 12.7 Å². The van der Waals surface area contributed by atoms with E-state index >= 15 is 0 Å². The van der Waals surface area contributed by atoms with Gasteiger partial charge in [0.25, 0.3) is 0 Å². The Morgan fingerprint density at radius 1 is 0.833 bits per heavy atom. The molecule has 0 saturated carbocycles. The van der Waals surface area contributed by atoms with Crippen LogP contribution in [0.2, 0.25) is 0 Å². The average Bonchev–Trinajstić information content (AvgIpc) is 2.41. The van der Waals surface area contributed by atoms with Gasteiger partial charge in [0.05, 0.1) is 0 Å². The SMILES string of the molecule is Cl.NCCP(=O)(c1ccccc1)c1ccccc1. The summed E-state index contributed by atoms with van der Waals surface area (Å²) in [6.45, 7) is 0.432. The van der Waals surface area contributed by atoms with Crippen molar-refractivity contribution in [3.05, 3.63) is 60.7 Å². The minimum Gasteiger partial charge on any atom is -0.330 e. The molecule has 0 amide bonds. The summed E-state index contributed by atoms with van der Waals surface area (Å²) in [6, 6.07) is 19.2. The first-order valence-electron chi connectivity index (χ1n) is 5.68. The maximum absolute atomic E-state index is 13.1. The van der Waals surface area contributed by atoms with E-state index in [-0.39, 0.29) is 12.4 Å². The van der Waals surface area contributed by atoms with Gasteiger partial charge < -0.3 is 10.3 Å². The molecule has 0 aliphatic carbocycles. The fraction of sp³-hybridized carbons (Fsp3) is 0.143. The molecule has 0 aliphatic heterocycles. The van der Waals surface area contributed by atoms with Crippen molar-refractivity contribution in [2.45, 2.75) is 0 Å². The van der Waals surface area contributed by atoms with Crippen LogP contribution in [-0.2, 0) is 4.57 Å². The monoisotopic (exact) mass is 281 g/mol. The van der Waals surface area contributed by atoms with Crippen molar-refractivity contribution in [3.63, 3.8) is 0 Å². The van der Waals surface area contributed by atoms with Crippen LogP contribution in [0.5, 0.6) is 0 Å². The third-order valence-corrected chi connectivity index (χ3v) is 5.94. The second-order valence-electron chi connectivity index (χ2n) is 3.92. The Morgan fingerprint density at radius 3 is 1.56 bits per heavy atom. The highest BCUT2D eigenvalue weighted by Crippen LogP contribution is 2.42. The molecular formula is C14H17ClNOP. The summed E-state index contributed by atoms with van der Waals surface area (Å²) >= 11 is 0. The highest BCUT2D eigenvalue weighted by molar-refractivity contribution is 7.78. The van der Waals surface area contributed by atoms with Gasteiger partial charge in [-0.15, -0.1) is 12.4 Å². The van der Waals surface area contributed by atoms with E-state index in [1.165, 1.54) is 0 Å². The number of benzene rings is 2. The Balaban J connectivity index is 0.00000162. The predicted molar refractivity (Wildman–Crippen MR) is 80.9 cm³/mol. The van der Waals surface area contributed by atoms with E-state index in [1.54, 1.807) is 0 Å². The van der Waals surface area contributed by atoms with E-state index in [0.717, 1.165) is 10.6 Å². The molecule has 0 unspecified atom stereocenters. The lowest BCUT2D eigenvalue weighted by molar-refractivity contribution is 0.587. The molecule has 18 heavy (non-hydrogen) atoms. The fourth-order valence-corrected chi connectivity index (χ4v) is 4.41. The van der Waals surface area contributed by atoms with Crippen molar-refractivity contribution in [2.24, 2.45) is 5.73 Å². The molecule has 2 aromatic carbocycles. The van der Waals surface area contributed by atoms with Crippen molar-refractivity contribution in [1.29, 1.82) is 0 Å². The molecule has 0 atom stereocenters. The van der Waals surface area contributed by atoms with E-state index in [9.17, 15) is 4.57 Å². The number of rotatable bonds is 4. The minimum atomic E-state index is -2.55. The molecule has 0 aromatic heterocycles. The molecule has 0 heterocycles. The van der Waals surface area contributed by atoms with Crippen LogP contribution in [0.3, 0.4) is 0 Å². The lowest BCUT2D eigenvalue weighted by Crippen LogP contribution is -2.22. The second kappa shape index (κ2) is 6.75. The summed E-state index contributed by atoms with van der Waals surface area (Å²) in [5.41, 5.74) is 5.62. The van der Waals surface area contributed by atoms with E-state index in [1.807, 2.05) is 60.7 Å². The van der Waals surface area contributed by atoms with E-state index in [4.69, 9.17) is 5.73 Å². The summed E-state index contributed by atoms with van der Waals surface area (Å²) in [5.74, 6) is 0. The standard InChI is InChI=1S/C14H16NOP.ClH/c15-11-12-17(16,13-7-3-1-4-8-13)14-9-5-2-6-10-14;/h1-10H,11-12,15H2;1H. The summed E-state index contributed by atoms with van der Waals surface area (Å²) in [4.78, 5) is 0. The fourth-order valence-electron chi connectivity index (χ4n) is 1.93. The Morgan fingerprint density at radius 2 is 1.22 bits per heavy atom. The molecule has 4 heteroatoms. The highest BCUT2D eigenvalue weighted by atomic mass is 35.5. The number of halogens is 1. The maximum atomic E-state index is 13.1. The Hall–Kier alpha value is -1.08. The Kier molecular flexibility index (Phi) is 5.61. The van der Waals surface area contributed by atoms with Crippen LogP contribution in [0.15, 0.2) is 60.7 Å². The van der Waals surface area contributed by atoms with Gasteiger partial charge in [0.1, 0.15) is 7.14 Å². The zero-order valence-electron chi connectivity index (χ0n) is 10.0. The molecule has 2 aromatic rings. The van der Waals surface area contributed by atoms with Crippen LogP contribution in [0.1, 0.15) is 0 Å². The van der Waals surface area contributed by atoms with Gasteiger partial charge in [-0.3, -0.25) is 0 Å². The highest BCUT2D eigenvalue weighted by Gasteiger charge is 2.25. The molecule has 2 nitrogen and oxygen atoms in total. The zero-order valence-corrected chi connectivity index (χ0v) is 11.7. The lowest BCUT2D eigenvalue weighted by atomic mass is 10.4. The van der Waals surface area contributed by atoms with E-state index in [0.29, 0.717) is 12.7 Å². The van der Waals surface area contributed by atoms with Crippen LogP contribution in [0, 0.1) is 0 Å². The van der Waals surface area contributed by atoms with Crippen LogP contribution < -0.4 is 16.3 Å². The average molecular weight is 282 g/mol. The topological polar surface area (TPSA) is 43.1 Å². The van der Waals surface area contributed by atoms with Gasteiger partial charge >= 0.3 is 0 Å².